The first kappa shape index (κ1) is 13.0. The molecule has 4 N–H and O–H groups in total. The lowest BCUT2D eigenvalue weighted by Gasteiger charge is -2.11. The first-order valence-electron chi connectivity index (χ1n) is 5.62. The van der Waals surface area contributed by atoms with Crippen molar-refractivity contribution in [2.75, 3.05) is 0 Å². The summed E-state index contributed by atoms with van der Waals surface area (Å²) in [4.78, 5) is 0. The summed E-state index contributed by atoms with van der Waals surface area (Å²) in [6.45, 7) is -0.0970. The van der Waals surface area contributed by atoms with Crippen LogP contribution in [-0.4, -0.2) is 10.9 Å². The van der Waals surface area contributed by atoms with Crippen LogP contribution in [0.25, 0.3) is 0 Å². The fraction of sp³-hybridized carbons (Fsp3) is 0.0714. The van der Waals surface area contributed by atoms with E-state index in [1.54, 1.807) is 24.3 Å². The SMILES string of the molecule is N=C(N)c1cc(F)ccc1Oc1cccc(CO)c1. The molecular formula is C14H13FN2O2. The molecule has 0 aromatic heterocycles. The number of amidine groups is 1. The number of benzene rings is 2. The molecule has 0 unspecified atom stereocenters. The highest BCUT2D eigenvalue weighted by Gasteiger charge is 2.09. The second-order valence-corrected chi connectivity index (χ2v) is 3.96. The molecule has 5 heteroatoms. The minimum Gasteiger partial charge on any atom is -0.457 e. The molecule has 0 aliphatic rings. The van der Waals surface area contributed by atoms with Crippen LogP contribution in [0.4, 0.5) is 4.39 Å². The van der Waals surface area contributed by atoms with Crippen LogP contribution in [0.2, 0.25) is 0 Å². The van der Waals surface area contributed by atoms with Crippen LogP contribution in [-0.2, 0) is 6.61 Å². The minimum absolute atomic E-state index is 0.0970. The fourth-order valence-electron chi connectivity index (χ4n) is 1.64. The van der Waals surface area contributed by atoms with Crippen LogP contribution in [0.3, 0.4) is 0 Å². The Hall–Kier alpha value is -2.40. The van der Waals surface area contributed by atoms with Gasteiger partial charge in [-0.2, -0.15) is 0 Å². The van der Waals surface area contributed by atoms with E-state index in [9.17, 15) is 4.39 Å². The summed E-state index contributed by atoms with van der Waals surface area (Å²) in [5.41, 5.74) is 6.28. The molecule has 0 atom stereocenters. The molecule has 0 bridgehead atoms. The number of ether oxygens (including phenoxy) is 1. The predicted molar refractivity (Wildman–Crippen MR) is 69.9 cm³/mol. The molecule has 0 heterocycles. The second kappa shape index (κ2) is 5.49. The maximum atomic E-state index is 13.1. The van der Waals surface area contributed by atoms with Crippen molar-refractivity contribution in [3.8, 4) is 11.5 Å². The number of nitrogens with one attached hydrogen (secondary N) is 1. The molecule has 0 aliphatic carbocycles. The summed E-state index contributed by atoms with van der Waals surface area (Å²) in [5.74, 6) is 0.0270. The van der Waals surface area contributed by atoms with E-state index in [1.807, 2.05) is 0 Å². The maximum Gasteiger partial charge on any atom is 0.138 e. The molecule has 0 aliphatic heterocycles. The molecule has 0 spiro atoms. The van der Waals surface area contributed by atoms with Gasteiger partial charge in [0, 0.05) is 0 Å². The molecule has 98 valence electrons. The molecule has 4 nitrogen and oxygen atoms in total. The van der Waals surface area contributed by atoms with Gasteiger partial charge in [0.15, 0.2) is 0 Å². The Morgan fingerprint density at radius 2 is 2.05 bits per heavy atom. The van der Waals surface area contributed by atoms with Gasteiger partial charge >= 0.3 is 0 Å². The first-order valence-corrected chi connectivity index (χ1v) is 5.62. The van der Waals surface area contributed by atoms with Gasteiger partial charge in [-0.15, -0.1) is 0 Å². The Balaban J connectivity index is 2.34. The van der Waals surface area contributed by atoms with Gasteiger partial charge in [-0.3, -0.25) is 5.41 Å². The average Bonchev–Trinajstić information content (AvgIpc) is 2.41. The van der Waals surface area contributed by atoms with Crippen molar-refractivity contribution in [3.63, 3.8) is 0 Å². The Morgan fingerprint density at radius 1 is 1.26 bits per heavy atom. The van der Waals surface area contributed by atoms with Gasteiger partial charge in [-0.25, -0.2) is 4.39 Å². The van der Waals surface area contributed by atoms with Crippen molar-refractivity contribution in [2.45, 2.75) is 6.61 Å². The number of hydrogen-bond acceptors (Lipinski definition) is 3. The van der Waals surface area contributed by atoms with Crippen LogP contribution in [0.5, 0.6) is 11.5 Å². The number of hydrogen-bond donors (Lipinski definition) is 3. The van der Waals surface area contributed by atoms with E-state index in [4.69, 9.17) is 21.0 Å². The van der Waals surface area contributed by atoms with Crippen LogP contribution in [0.1, 0.15) is 11.1 Å². The highest BCUT2D eigenvalue weighted by atomic mass is 19.1. The van der Waals surface area contributed by atoms with Crippen LogP contribution in [0, 0.1) is 11.2 Å². The zero-order valence-electron chi connectivity index (χ0n) is 10.1. The van der Waals surface area contributed by atoms with Crippen molar-refractivity contribution in [3.05, 3.63) is 59.4 Å². The van der Waals surface area contributed by atoms with E-state index in [0.717, 1.165) is 6.07 Å². The Morgan fingerprint density at radius 3 is 2.74 bits per heavy atom. The number of aliphatic hydroxyl groups is 1. The van der Waals surface area contributed by atoms with Crippen molar-refractivity contribution < 1.29 is 14.2 Å². The molecular weight excluding hydrogens is 247 g/mol. The highest BCUT2D eigenvalue weighted by Crippen LogP contribution is 2.26. The quantitative estimate of drug-likeness (QED) is 0.583. The molecule has 2 rings (SSSR count). The number of nitrogen functional groups attached to an aromatic ring is 1. The van der Waals surface area contributed by atoms with Crippen molar-refractivity contribution >= 4 is 5.84 Å². The van der Waals surface area contributed by atoms with E-state index in [0.29, 0.717) is 17.1 Å². The van der Waals surface area contributed by atoms with E-state index in [1.165, 1.54) is 12.1 Å². The van der Waals surface area contributed by atoms with E-state index in [-0.39, 0.29) is 18.0 Å². The Bertz CT molecular complexity index is 614. The molecule has 0 saturated carbocycles. The van der Waals surface area contributed by atoms with Crippen molar-refractivity contribution in [2.24, 2.45) is 5.73 Å². The third kappa shape index (κ3) is 3.08. The van der Waals surface area contributed by atoms with Crippen LogP contribution >= 0.6 is 0 Å². The first-order chi connectivity index (χ1) is 9.10. The standard InChI is InChI=1S/C14H13FN2O2/c15-10-4-5-13(12(7-10)14(16)17)19-11-3-1-2-9(6-11)8-18/h1-7,18H,8H2,(H3,16,17). The van der Waals surface area contributed by atoms with Crippen LogP contribution < -0.4 is 10.5 Å². The van der Waals surface area contributed by atoms with E-state index in [2.05, 4.69) is 0 Å². The summed E-state index contributed by atoms with van der Waals surface area (Å²) >= 11 is 0. The molecule has 0 saturated heterocycles. The molecule has 0 fully saturated rings. The minimum atomic E-state index is -0.485. The topological polar surface area (TPSA) is 79.3 Å². The molecule has 19 heavy (non-hydrogen) atoms. The maximum absolute atomic E-state index is 13.1. The molecule has 0 radical (unpaired) electrons. The van der Waals surface area contributed by atoms with Gasteiger partial charge in [0.05, 0.1) is 12.2 Å². The number of nitrogens with two attached hydrogens (primary N) is 1. The lowest BCUT2D eigenvalue weighted by atomic mass is 10.1. The number of halogens is 1. The van der Waals surface area contributed by atoms with Crippen molar-refractivity contribution in [1.29, 1.82) is 5.41 Å². The average molecular weight is 260 g/mol. The normalized spacial score (nSPS) is 10.2. The zero-order valence-corrected chi connectivity index (χ0v) is 10.1. The summed E-state index contributed by atoms with van der Waals surface area (Å²) in [5, 5.41) is 16.5. The third-order valence-corrected chi connectivity index (χ3v) is 2.54. The Kier molecular flexibility index (Phi) is 3.77. The van der Waals surface area contributed by atoms with Crippen LogP contribution in [0.15, 0.2) is 42.5 Å². The van der Waals surface area contributed by atoms with Gasteiger partial charge in [0.2, 0.25) is 0 Å². The summed E-state index contributed by atoms with van der Waals surface area (Å²) < 4.78 is 18.7. The summed E-state index contributed by atoms with van der Waals surface area (Å²) in [6, 6.07) is 10.6. The highest BCUT2D eigenvalue weighted by molar-refractivity contribution is 5.97. The van der Waals surface area contributed by atoms with Gasteiger partial charge < -0.3 is 15.6 Å². The van der Waals surface area contributed by atoms with Gasteiger partial charge in [0.25, 0.3) is 0 Å². The molecule has 2 aromatic carbocycles. The van der Waals surface area contributed by atoms with Gasteiger partial charge in [-0.05, 0) is 35.9 Å². The fourth-order valence-corrected chi connectivity index (χ4v) is 1.64. The van der Waals surface area contributed by atoms with E-state index < -0.39 is 5.82 Å². The Labute approximate surface area is 109 Å². The van der Waals surface area contributed by atoms with Gasteiger partial charge in [-0.1, -0.05) is 12.1 Å². The zero-order chi connectivity index (χ0) is 13.8. The molecule has 2 aromatic rings. The number of aliphatic hydroxyl groups excluding tert-OH is 1. The predicted octanol–water partition coefficient (Wildman–Crippen LogP) is 2.39. The molecule has 0 amide bonds. The van der Waals surface area contributed by atoms with E-state index >= 15 is 0 Å². The number of rotatable bonds is 4. The largest absolute Gasteiger partial charge is 0.457 e. The second-order valence-electron chi connectivity index (χ2n) is 3.96. The van der Waals surface area contributed by atoms with Gasteiger partial charge in [0.1, 0.15) is 23.2 Å². The monoisotopic (exact) mass is 260 g/mol. The third-order valence-electron chi connectivity index (χ3n) is 2.54. The summed E-state index contributed by atoms with van der Waals surface area (Å²) in [7, 11) is 0. The van der Waals surface area contributed by atoms with Crippen molar-refractivity contribution in [1.82, 2.24) is 0 Å². The lowest BCUT2D eigenvalue weighted by molar-refractivity contribution is 0.281. The lowest BCUT2D eigenvalue weighted by Crippen LogP contribution is -2.12. The summed E-state index contributed by atoms with van der Waals surface area (Å²) in [6.07, 6.45) is 0. The smallest absolute Gasteiger partial charge is 0.138 e.